The molecule has 0 spiro atoms. The summed E-state index contributed by atoms with van der Waals surface area (Å²) in [7, 11) is 0. The average Bonchev–Trinajstić information content (AvgIpc) is 2.31. The van der Waals surface area contributed by atoms with Crippen molar-refractivity contribution in [2.24, 2.45) is 0 Å². The van der Waals surface area contributed by atoms with E-state index in [0.29, 0.717) is 17.8 Å². The second kappa shape index (κ2) is 6.10. The molecule has 0 aromatic heterocycles. The first-order chi connectivity index (χ1) is 8.08. The third kappa shape index (κ3) is 3.64. The lowest BCUT2D eigenvalue weighted by Crippen LogP contribution is -2.23. The summed E-state index contributed by atoms with van der Waals surface area (Å²) < 4.78 is 0. The highest BCUT2D eigenvalue weighted by Crippen LogP contribution is 2.20. The summed E-state index contributed by atoms with van der Waals surface area (Å²) in [5, 5.41) is 14.7. The van der Waals surface area contributed by atoms with E-state index in [1.54, 1.807) is 18.2 Å². The van der Waals surface area contributed by atoms with Crippen LogP contribution in [0.4, 0.5) is 11.4 Å². The minimum absolute atomic E-state index is 0.0253. The Kier molecular flexibility index (Phi) is 4.78. The molecule has 0 aliphatic heterocycles. The lowest BCUT2D eigenvalue weighted by Gasteiger charge is -2.15. The van der Waals surface area contributed by atoms with E-state index in [0.717, 1.165) is 5.69 Å². The highest BCUT2D eigenvalue weighted by Gasteiger charge is 2.08. The molecule has 5 nitrogen and oxygen atoms in total. The molecular weight excluding hydrogens is 218 g/mol. The Morgan fingerprint density at radius 1 is 1.53 bits per heavy atom. The van der Waals surface area contributed by atoms with Gasteiger partial charge in [-0.05, 0) is 32.0 Å². The Balaban J connectivity index is 2.82. The molecule has 0 fully saturated rings. The summed E-state index contributed by atoms with van der Waals surface area (Å²) in [5.41, 5.74) is 7.58. The van der Waals surface area contributed by atoms with Crippen molar-refractivity contribution < 1.29 is 9.90 Å². The first-order valence-electron chi connectivity index (χ1n) is 5.63. The summed E-state index contributed by atoms with van der Waals surface area (Å²) in [6.07, 6.45) is 0. The number of nitrogen functional groups attached to an aromatic ring is 1. The van der Waals surface area contributed by atoms with E-state index in [1.807, 2.05) is 13.8 Å². The fourth-order valence-electron chi connectivity index (χ4n) is 1.41. The molecule has 0 heterocycles. The molecule has 5 heteroatoms. The van der Waals surface area contributed by atoms with Crippen LogP contribution >= 0.6 is 0 Å². The molecule has 94 valence electrons. The molecule has 0 saturated carbocycles. The van der Waals surface area contributed by atoms with Gasteiger partial charge in [-0.2, -0.15) is 0 Å². The molecule has 0 aliphatic rings. The average molecular weight is 237 g/mol. The van der Waals surface area contributed by atoms with Crippen molar-refractivity contribution in [1.82, 2.24) is 5.32 Å². The van der Waals surface area contributed by atoms with E-state index in [2.05, 4.69) is 10.6 Å². The van der Waals surface area contributed by atoms with Crippen LogP contribution in [-0.4, -0.2) is 30.2 Å². The quantitative estimate of drug-likeness (QED) is 0.571. The summed E-state index contributed by atoms with van der Waals surface area (Å²) in [6, 6.07) is 4.99. The van der Waals surface area contributed by atoms with Gasteiger partial charge >= 0.3 is 0 Å². The predicted molar refractivity (Wildman–Crippen MR) is 69.0 cm³/mol. The molecule has 17 heavy (non-hydrogen) atoms. The number of nitrogens with one attached hydrogen (secondary N) is 2. The van der Waals surface area contributed by atoms with Gasteiger partial charge < -0.3 is 21.5 Å². The van der Waals surface area contributed by atoms with Crippen molar-refractivity contribution in [2.45, 2.75) is 19.9 Å². The first-order valence-corrected chi connectivity index (χ1v) is 5.63. The first kappa shape index (κ1) is 13.3. The van der Waals surface area contributed by atoms with E-state index in [-0.39, 0.29) is 18.6 Å². The molecule has 1 aromatic carbocycles. The SMILES string of the molecule is CCNC(=O)c1ccc(NC(C)CO)c(N)c1. The molecule has 5 N–H and O–H groups in total. The lowest BCUT2D eigenvalue weighted by atomic mass is 10.1. The molecule has 0 aliphatic carbocycles. The van der Waals surface area contributed by atoms with Crippen LogP contribution in [0.1, 0.15) is 24.2 Å². The fourth-order valence-corrected chi connectivity index (χ4v) is 1.41. The van der Waals surface area contributed by atoms with Gasteiger partial charge in [-0.1, -0.05) is 0 Å². The summed E-state index contributed by atoms with van der Waals surface area (Å²) in [6.45, 7) is 4.31. The second-order valence-corrected chi connectivity index (χ2v) is 3.89. The Morgan fingerprint density at radius 2 is 2.24 bits per heavy atom. The van der Waals surface area contributed by atoms with Crippen LogP contribution < -0.4 is 16.4 Å². The van der Waals surface area contributed by atoms with Gasteiger partial charge in [0, 0.05) is 18.2 Å². The van der Waals surface area contributed by atoms with Crippen LogP contribution in [0.5, 0.6) is 0 Å². The van der Waals surface area contributed by atoms with E-state index < -0.39 is 0 Å². The second-order valence-electron chi connectivity index (χ2n) is 3.89. The highest BCUT2D eigenvalue weighted by atomic mass is 16.3. The van der Waals surface area contributed by atoms with Crippen molar-refractivity contribution in [3.05, 3.63) is 23.8 Å². The number of carbonyl (C=O) groups excluding carboxylic acids is 1. The van der Waals surface area contributed by atoms with Gasteiger partial charge in [-0.15, -0.1) is 0 Å². The number of aliphatic hydroxyl groups excluding tert-OH is 1. The number of carbonyl (C=O) groups is 1. The highest BCUT2D eigenvalue weighted by molar-refractivity contribution is 5.96. The summed E-state index contributed by atoms with van der Waals surface area (Å²) in [5.74, 6) is -0.138. The number of hydrogen-bond donors (Lipinski definition) is 4. The third-order valence-electron chi connectivity index (χ3n) is 2.33. The molecule has 1 rings (SSSR count). The van der Waals surface area contributed by atoms with E-state index in [9.17, 15) is 4.79 Å². The largest absolute Gasteiger partial charge is 0.397 e. The van der Waals surface area contributed by atoms with Crippen molar-refractivity contribution in [1.29, 1.82) is 0 Å². The van der Waals surface area contributed by atoms with Gasteiger partial charge in [-0.3, -0.25) is 4.79 Å². The molecule has 1 amide bonds. The molecule has 0 radical (unpaired) electrons. The van der Waals surface area contributed by atoms with Crippen molar-refractivity contribution in [3.8, 4) is 0 Å². The molecule has 1 aromatic rings. The number of anilines is 2. The Morgan fingerprint density at radius 3 is 2.76 bits per heavy atom. The molecular formula is C12H19N3O2. The van der Waals surface area contributed by atoms with Gasteiger partial charge in [0.2, 0.25) is 0 Å². The number of aliphatic hydroxyl groups is 1. The van der Waals surface area contributed by atoms with E-state index in [1.165, 1.54) is 0 Å². The zero-order chi connectivity index (χ0) is 12.8. The molecule has 1 unspecified atom stereocenters. The van der Waals surface area contributed by atoms with Gasteiger partial charge in [0.1, 0.15) is 0 Å². The fraction of sp³-hybridized carbons (Fsp3) is 0.417. The smallest absolute Gasteiger partial charge is 0.251 e. The normalized spacial score (nSPS) is 11.9. The number of rotatable bonds is 5. The number of nitrogens with two attached hydrogens (primary N) is 1. The van der Waals surface area contributed by atoms with E-state index >= 15 is 0 Å². The van der Waals surface area contributed by atoms with Gasteiger partial charge in [0.05, 0.1) is 18.0 Å². The van der Waals surface area contributed by atoms with Crippen LogP contribution in [0, 0.1) is 0 Å². The summed E-state index contributed by atoms with van der Waals surface area (Å²) >= 11 is 0. The third-order valence-corrected chi connectivity index (χ3v) is 2.33. The monoisotopic (exact) mass is 237 g/mol. The van der Waals surface area contributed by atoms with Crippen LogP contribution in [0.3, 0.4) is 0 Å². The van der Waals surface area contributed by atoms with Crippen molar-refractivity contribution in [2.75, 3.05) is 24.2 Å². The Labute approximate surface area is 101 Å². The minimum atomic E-state index is -0.138. The lowest BCUT2D eigenvalue weighted by molar-refractivity contribution is 0.0956. The molecule has 0 bridgehead atoms. The Hall–Kier alpha value is -1.75. The number of benzene rings is 1. The maximum absolute atomic E-state index is 11.6. The predicted octanol–water partition coefficient (Wildman–Crippen LogP) is 0.811. The number of amides is 1. The van der Waals surface area contributed by atoms with Crippen molar-refractivity contribution in [3.63, 3.8) is 0 Å². The zero-order valence-electron chi connectivity index (χ0n) is 10.2. The van der Waals surface area contributed by atoms with Crippen LogP contribution in [-0.2, 0) is 0 Å². The topological polar surface area (TPSA) is 87.4 Å². The zero-order valence-corrected chi connectivity index (χ0v) is 10.2. The standard InChI is InChI=1S/C12H19N3O2/c1-3-14-12(17)9-4-5-11(10(13)6-9)15-8(2)7-16/h4-6,8,15-16H,3,7,13H2,1-2H3,(H,14,17). The minimum Gasteiger partial charge on any atom is -0.397 e. The van der Waals surface area contributed by atoms with Crippen LogP contribution in [0.15, 0.2) is 18.2 Å². The van der Waals surface area contributed by atoms with Gasteiger partial charge in [-0.25, -0.2) is 0 Å². The maximum Gasteiger partial charge on any atom is 0.251 e. The van der Waals surface area contributed by atoms with Gasteiger partial charge in [0.25, 0.3) is 5.91 Å². The van der Waals surface area contributed by atoms with Crippen LogP contribution in [0.25, 0.3) is 0 Å². The molecule has 1 atom stereocenters. The summed E-state index contributed by atoms with van der Waals surface area (Å²) in [4.78, 5) is 11.6. The molecule has 0 saturated heterocycles. The van der Waals surface area contributed by atoms with Crippen molar-refractivity contribution >= 4 is 17.3 Å². The number of hydrogen-bond acceptors (Lipinski definition) is 4. The maximum atomic E-state index is 11.6. The van der Waals surface area contributed by atoms with Crippen LogP contribution in [0.2, 0.25) is 0 Å². The Bertz CT molecular complexity index is 393. The van der Waals surface area contributed by atoms with Gasteiger partial charge in [0.15, 0.2) is 0 Å². The van der Waals surface area contributed by atoms with E-state index in [4.69, 9.17) is 10.8 Å².